The molecule has 0 spiro atoms. The normalized spacial score (nSPS) is 18.8. The number of hydrogen-bond donors (Lipinski definition) is 0. The van der Waals surface area contributed by atoms with Gasteiger partial charge in [0.1, 0.15) is 12.4 Å². The number of nitrogens with zero attached hydrogens (tertiary/aromatic N) is 5. The topological polar surface area (TPSA) is 71.0 Å². The average Bonchev–Trinajstić information content (AvgIpc) is 2.72. The molecule has 0 radical (unpaired) electrons. The van der Waals surface area contributed by atoms with Crippen LogP contribution in [0.2, 0.25) is 0 Å². The minimum Gasteiger partial charge on any atom is -0.485 e. The lowest BCUT2D eigenvalue weighted by Gasteiger charge is -2.37. The number of carbonyl (C=O) groups excluding carboxylic acids is 1. The number of aryl methyl sites for hydroxylation is 1. The first-order chi connectivity index (χ1) is 13.5. The third-order valence-corrected chi connectivity index (χ3v) is 4.95. The molecule has 2 aliphatic heterocycles. The Labute approximate surface area is 164 Å². The Morgan fingerprint density at radius 3 is 2.54 bits per heavy atom. The summed E-state index contributed by atoms with van der Waals surface area (Å²) in [6.45, 7) is 4.79. The first-order valence-corrected chi connectivity index (χ1v) is 9.46. The smallest absolute Gasteiger partial charge is 0.267 e. The van der Waals surface area contributed by atoms with E-state index in [1.54, 1.807) is 0 Å². The molecule has 1 unspecified atom stereocenters. The summed E-state index contributed by atoms with van der Waals surface area (Å²) in [6.07, 6.45) is -0.600. The summed E-state index contributed by atoms with van der Waals surface area (Å²) in [5.41, 5.74) is 0.929. The van der Waals surface area contributed by atoms with E-state index < -0.39 is 6.10 Å². The highest BCUT2D eigenvalue weighted by atomic mass is 16.6. The number of carbonyl (C=O) groups is 1. The van der Waals surface area contributed by atoms with E-state index in [1.165, 1.54) is 0 Å². The van der Waals surface area contributed by atoms with Gasteiger partial charge >= 0.3 is 0 Å². The van der Waals surface area contributed by atoms with Crippen LogP contribution in [0.15, 0.2) is 30.3 Å². The molecule has 1 fully saturated rings. The number of ether oxygens (including phenoxy) is 2. The van der Waals surface area contributed by atoms with Gasteiger partial charge in [-0.1, -0.05) is 12.1 Å². The van der Waals surface area contributed by atoms with Crippen LogP contribution < -0.4 is 19.3 Å². The van der Waals surface area contributed by atoms with Gasteiger partial charge in [-0.25, -0.2) is 4.98 Å². The molecule has 28 heavy (non-hydrogen) atoms. The number of amides is 1. The number of anilines is 2. The summed E-state index contributed by atoms with van der Waals surface area (Å²) < 4.78 is 11.5. The lowest BCUT2D eigenvalue weighted by Crippen LogP contribution is -2.54. The fourth-order valence-corrected chi connectivity index (χ4v) is 3.38. The molecule has 1 atom stereocenters. The van der Waals surface area contributed by atoms with Crippen molar-refractivity contribution in [3.05, 3.63) is 36.0 Å². The van der Waals surface area contributed by atoms with E-state index in [4.69, 9.17) is 9.47 Å². The molecule has 0 aliphatic carbocycles. The van der Waals surface area contributed by atoms with Crippen LogP contribution >= 0.6 is 0 Å². The maximum atomic E-state index is 12.9. The number of fused-ring (bicyclic) bond motifs is 1. The number of para-hydroxylation sites is 2. The van der Waals surface area contributed by atoms with Gasteiger partial charge in [-0.15, -0.1) is 0 Å². The highest BCUT2D eigenvalue weighted by molar-refractivity contribution is 5.82. The van der Waals surface area contributed by atoms with Crippen molar-refractivity contribution < 1.29 is 14.3 Å². The van der Waals surface area contributed by atoms with Crippen LogP contribution in [0.3, 0.4) is 0 Å². The van der Waals surface area contributed by atoms with Gasteiger partial charge in [0, 0.05) is 52.0 Å². The fourth-order valence-electron chi connectivity index (χ4n) is 3.38. The van der Waals surface area contributed by atoms with Gasteiger partial charge in [0.2, 0.25) is 12.1 Å². The lowest BCUT2D eigenvalue weighted by atomic mass is 10.2. The van der Waals surface area contributed by atoms with Crippen molar-refractivity contribution in [3.63, 3.8) is 0 Å². The van der Waals surface area contributed by atoms with Crippen molar-refractivity contribution in [2.45, 2.75) is 13.0 Å². The summed E-state index contributed by atoms with van der Waals surface area (Å²) in [4.78, 5) is 28.0. The molecule has 1 saturated heterocycles. The first kappa shape index (κ1) is 18.3. The van der Waals surface area contributed by atoms with Crippen molar-refractivity contribution in [1.82, 2.24) is 14.9 Å². The second kappa shape index (κ2) is 7.53. The molecule has 3 heterocycles. The maximum absolute atomic E-state index is 12.9. The van der Waals surface area contributed by atoms with Crippen LogP contribution in [0, 0.1) is 6.92 Å². The van der Waals surface area contributed by atoms with Crippen molar-refractivity contribution in [3.8, 4) is 11.5 Å². The molecular weight excluding hydrogens is 358 g/mol. The Balaban J connectivity index is 1.39. The van der Waals surface area contributed by atoms with Crippen LogP contribution in [0.4, 0.5) is 11.8 Å². The molecule has 148 valence electrons. The Morgan fingerprint density at radius 2 is 1.82 bits per heavy atom. The van der Waals surface area contributed by atoms with E-state index in [9.17, 15) is 4.79 Å². The number of hydrogen-bond acceptors (Lipinski definition) is 7. The Morgan fingerprint density at radius 1 is 1.11 bits per heavy atom. The molecule has 1 amide bonds. The third-order valence-electron chi connectivity index (χ3n) is 4.95. The molecule has 8 nitrogen and oxygen atoms in total. The zero-order valence-electron chi connectivity index (χ0n) is 16.5. The van der Waals surface area contributed by atoms with Gasteiger partial charge in [0.05, 0.1) is 0 Å². The van der Waals surface area contributed by atoms with E-state index in [-0.39, 0.29) is 12.5 Å². The standard InChI is InChI=1S/C20H25N5O3/c1-14-12-18(23(2)3)22-20(21-14)25-10-8-24(9-11-25)19(26)17-13-27-15-6-4-5-7-16(15)28-17/h4-7,12,17H,8-11,13H2,1-3H3. The number of rotatable bonds is 3. The maximum Gasteiger partial charge on any atom is 0.267 e. The molecular formula is C20H25N5O3. The Hall–Kier alpha value is -3.03. The molecule has 1 aromatic heterocycles. The van der Waals surface area contributed by atoms with Crippen molar-refractivity contribution in [2.24, 2.45) is 0 Å². The van der Waals surface area contributed by atoms with E-state index in [1.807, 2.05) is 61.2 Å². The van der Waals surface area contributed by atoms with E-state index in [0.717, 1.165) is 11.5 Å². The molecule has 8 heteroatoms. The van der Waals surface area contributed by atoms with Crippen LogP contribution in [0.25, 0.3) is 0 Å². The van der Waals surface area contributed by atoms with Gasteiger partial charge in [-0.3, -0.25) is 4.79 Å². The highest BCUT2D eigenvalue weighted by Crippen LogP contribution is 2.31. The molecule has 1 aromatic carbocycles. The molecule has 4 rings (SSSR count). The van der Waals surface area contributed by atoms with Crippen molar-refractivity contribution >= 4 is 17.7 Å². The number of aromatic nitrogens is 2. The van der Waals surface area contributed by atoms with Gasteiger partial charge in [0.15, 0.2) is 11.5 Å². The predicted molar refractivity (Wildman–Crippen MR) is 106 cm³/mol. The molecule has 2 aliphatic rings. The van der Waals surface area contributed by atoms with E-state index in [2.05, 4.69) is 14.9 Å². The van der Waals surface area contributed by atoms with Crippen molar-refractivity contribution in [2.75, 3.05) is 56.7 Å². The van der Waals surface area contributed by atoms with Crippen LogP contribution in [0.5, 0.6) is 11.5 Å². The SMILES string of the molecule is Cc1cc(N(C)C)nc(N2CCN(C(=O)C3COc4ccccc4O3)CC2)n1. The summed E-state index contributed by atoms with van der Waals surface area (Å²) >= 11 is 0. The highest BCUT2D eigenvalue weighted by Gasteiger charge is 2.33. The molecule has 0 bridgehead atoms. The largest absolute Gasteiger partial charge is 0.485 e. The second-order valence-corrected chi connectivity index (χ2v) is 7.24. The van der Waals surface area contributed by atoms with Gasteiger partial charge in [0.25, 0.3) is 5.91 Å². The predicted octanol–water partition coefficient (Wildman–Crippen LogP) is 1.34. The fraction of sp³-hybridized carbons (Fsp3) is 0.450. The molecule has 0 saturated carbocycles. The summed E-state index contributed by atoms with van der Waals surface area (Å²) in [7, 11) is 3.93. The van der Waals surface area contributed by atoms with Gasteiger partial charge in [-0.2, -0.15) is 4.98 Å². The van der Waals surface area contributed by atoms with E-state index >= 15 is 0 Å². The quantitative estimate of drug-likeness (QED) is 0.792. The summed E-state index contributed by atoms with van der Waals surface area (Å²) in [6, 6.07) is 9.39. The minimum atomic E-state index is -0.600. The molecule has 2 aromatic rings. The molecule has 0 N–H and O–H groups in total. The number of benzene rings is 1. The first-order valence-electron chi connectivity index (χ1n) is 9.46. The number of piperazine rings is 1. The monoisotopic (exact) mass is 383 g/mol. The van der Waals surface area contributed by atoms with Gasteiger partial charge in [-0.05, 0) is 19.1 Å². The minimum absolute atomic E-state index is 0.0340. The van der Waals surface area contributed by atoms with Crippen LogP contribution in [-0.2, 0) is 4.79 Å². The zero-order chi connectivity index (χ0) is 19.7. The Kier molecular flexibility index (Phi) is 4.93. The third kappa shape index (κ3) is 3.67. The van der Waals surface area contributed by atoms with Gasteiger partial charge < -0.3 is 24.2 Å². The average molecular weight is 383 g/mol. The zero-order valence-corrected chi connectivity index (χ0v) is 16.5. The summed E-state index contributed by atoms with van der Waals surface area (Å²) in [5, 5.41) is 0. The lowest BCUT2D eigenvalue weighted by molar-refractivity contribution is -0.141. The Bertz CT molecular complexity index is 865. The summed E-state index contributed by atoms with van der Waals surface area (Å²) in [5.74, 6) is 2.86. The van der Waals surface area contributed by atoms with Crippen LogP contribution in [0.1, 0.15) is 5.69 Å². The van der Waals surface area contributed by atoms with Crippen molar-refractivity contribution in [1.29, 1.82) is 0 Å². The van der Waals surface area contributed by atoms with Crippen LogP contribution in [-0.4, -0.2) is 73.8 Å². The van der Waals surface area contributed by atoms with E-state index in [0.29, 0.717) is 43.6 Å². The second-order valence-electron chi connectivity index (χ2n) is 7.24.